The maximum Gasteiger partial charge on any atom is 0.123 e. The molecule has 0 saturated carbocycles. The van der Waals surface area contributed by atoms with Gasteiger partial charge >= 0.3 is 0 Å². The molecule has 2 aliphatic heterocycles. The Kier molecular flexibility index (Phi) is 6.32. The van der Waals surface area contributed by atoms with Crippen LogP contribution in [0, 0.1) is 5.92 Å². The lowest BCUT2D eigenvalue weighted by molar-refractivity contribution is -0.112. The van der Waals surface area contributed by atoms with Crippen molar-refractivity contribution in [2.24, 2.45) is 5.92 Å². The summed E-state index contributed by atoms with van der Waals surface area (Å²) < 4.78 is 0. The van der Waals surface area contributed by atoms with Gasteiger partial charge in [0.05, 0.1) is 0 Å². The summed E-state index contributed by atoms with van der Waals surface area (Å²) in [5, 5.41) is 3.53. The van der Waals surface area contributed by atoms with Crippen LogP contribution in [0.15, 0.2) is 0 Å². The van der Waals surface area contributed by atoms with Crippen molar-refractivity contribution in [1.82, 2.24) is 10.2 Å². The predicted octanol–water partition coefficient (Wildman–Crippen LogP) is 1.46. The summed E-state index contributed by atoms with van der Waals surface area (Å²) >= 11 is 0. The Bertz CT molecular complexity index is 199. The zero-order valence-electron chi connectivity index (χ0n) is 9.86. The molecular weight excluding hydrogens is 224 g/mol. The molecule has 0 amide bonds. The highest BCUT2D eigenvalue weighted by Gasteiger charge is 2.20. The van der Waals surface area contributed by atoms with Gasteiger partial charge in [-0.2, -0.15) is 0 Å². The van der Waals surface area contributed by atoms with Crippen molar-refractivity contribution in [3.05, 3.63) is 0 Å². The molecule has 1 N–H and O–H groups in total. The monoisotopic (exact) mass is 246 g/mol. The first-order chi connectivity index (χ1) is 7.38. The normalized spacial score (nSPS) is 27.6. The quantitative estimate of drug-likeness (QED) is 0.763. The Morgan fingerprint density at radius 1 is 1.25 bits per heavy atom. The molecule has 0 aromatic rings. The van der Waals surface area contributed by atoms with E-state index in [4.69, 9.17) is 0 Å². The van der Waals surface area contributed by atoms with Crippen LogP contribution < -0.4 is 5.32 Å². The van der Waals surface area contributed by atoms with E-state index in [0.29, 0.717) is 5.92 Å². The topological polar surface area (TPSA) is 32.3 Å². The van der Waals surface area contributed by atoms with Gasteiger partial charge in [0.1, 0.15) is 6.29 Å². The van der Waals surface area contributed by atoms with Gasteiger partial charge in [0, 0.05) is 12.0 Å². The molecule has 1 atom stereocenters. The summed E-state index contributed by atoms with van der Waals surface area (Å²) in [7, 11) is 0. The summed E-state index contributed by atoms with van der Waals surface area (Å²) in [6, 6.07) is 0.758. The molecule has 2 heterocycles. The molecule has 0 bridgehead atoms. The highest BCUT2D eigenvalue weighted by atomic mass is 35.5. The Hall–Kier alpha value is -0.120. The third kappa shape index (κ3) is 4.04. The van der Waals surface area contributed by atoms with Crippen molar-refractivity contribution in [1.29, 1.82) is 0 Å². The average Bonchev–Trinajstić information content (AvgIpc) is 2.80. The third-order valence-corrected chi connectivity index (χ3v) is 3.78. The zero-order chi connectivity index (χ0) is 10.5. The highest BCUT2D eigenvalue weighted by Crippen LogP contribution is 2.16. The van der Waals surface area contributed by atoms with E-state index in [1.165, 1.54) is 32.4 Å². The third-order valence-electron chi connectivity index (χ3n) is 3.78. The van der Waals surface area contributed by atoms with E-state index in [0.717, 1.165) is 38.3 Å². The molecule has 2 fully saturated rings. The first-order valence-corrected chi connectivity index (χ1v) is 6.29. The van der Waals surface area contributed by atoms with Crippen molar-refractivity contribution < 1.29 is 4.79 Å². The van der Waals surface area contributed by atoms with E-state index < -0.39 is 0 Å². The Morgan fingerprint density at radius 3 is 2.56 bits per heavy atom. The summed E-state index contributed by atoms with van der Waals surface area (Å²) in [4.78, 5) is 13.1. The molecule has 0 radical (unpaired) electrons. The van der Waals surface area contributed by atoms with Gasteiger partial charge in [-0.3, -0.25) is 0 Å². The first kappa shape index (κ1) is 13.9. The summed E-state index contributed by atoms with van der Waals surface area (Å²) in [6.07, 6.45) is 7.26. The van der Waals surface area contributed by atoms with Gasteiger partial charge < -0.3 is 15.0 Å². The van der Waals surface area contributed by atoms with Crippen LogP contribution in [0.2, 0.25) is 0 Å². The lowest BCUT2D eigenvalue weighted by atomic mass is 9.98. The molecule has 0 aromatic heterocycles. The van der Waals surface area contributed by atoms with Crippen molar-refractivity contribution in [2.45, 2.75) is 38.1 Å². The van der Waals surface area contributed by atoms with Gasteiger partial charge in [0.25, 0.3) is 0 Å². The fourth-order valence-corrected chi connectivity index (χ4v) is 2.65. The van der Waals surface area contributed by atoms with Crippen LogP contribution in [0.3, 0.4) is 0 Å². The van der Waals surface area contributed by atoms with E-state index in [-0.39, 0.29) is 12.4 Å². The lowest BCUT2D eigenvalue weighted by Gasteiger charge is -2.30. The largest absolute Gasteiger partial charge is 0.314 e. The summed E-state index contributed by atoms with van der Waals surface area (Å²) in [5.74, 6) is 0.339. The SMILES string of the molecule is Cl.O=CC1CCN(CCC2CCCN2)CC1. The number of nitrogens with zero attached hydrogens (tertiary/aromatic N) is 1. The van der Waals surface area contributed by atoms with Crippen LogP contribution in [-0.2, 0) is 4.79 Å². The molecule has 4 heteroatoms. The van der Waals surface area contributed by atoms with Crippen molar-refractivity contribution in [3.8, 4) is 0 Å². The Labute approximate surface area is 104 Å². The number of likely N-dealkylation sites (tertiary alicyclic amines) is 1. The predicted molar refractivity (Wildman–Crippen MR) is 68.1 cm³/mol. The number of hydrogen-bond donors (Lipinski definition) is 1. The number of aldehydes is 1. The second kappa shape index (κ2) is 7.25. The fraction of sp³-hybridized carbons (Fsp3) is 0.917. The molecule has 0 aliphatic carbocycles. The van der Waals surface area contributed by atoms with Crippen LogP contribution >= 0.6 is 12.4 Å². The number of hydrogen-bond acceptors (Lipinski definition) is 3. The van der Waals surface area contributed by atoms with Crippen LogP contribution in [0.4, 0.5) is 0 Å². The standard InChI is InChI=1S/C12H22N2O.ClH/c15-10-11-3-7-14(8-4-11)9-5-12-2-1-6-13-12;/h10-13H,1-9H2;1H. The minimum Gasteiger partial charge on any atom is -0.314 e. The van der Waals surface area contributed by atoms with Gasteiger partial charge in [-0.15, -0.1) is 12.4 Å². The summed E-state index contributed by atoms with van der Waals surface area (Å²) in [6.45, 7) is 4.66. The number of rotatable bonds is 4. The fourth-order valence-electron chi connectivity index (χ4n) is 2.65. The van der Waals surface area contributed by atoms with Crippen LogP contribution in [0.5, 0.6) is 0 Å². The van der Waals surface area contributed by atoms with E-state index in [1.807, 2.05) is 0 Å². The number of piperidine rings is 1. The Morgan fingerprint density at radius 2 is 2.00 bits per heavy atom. The van der Waals surface area contributed by atoms with Crippen LogP contribution in [-0.4, -0.2) is 43.4 Å². The van der Waals surface area contributed by atoms with E-state index in [2.05, 4.69) is 10.2 Å². The smallest absolute Gasteiger partial charge is 0.123 e. The minimum absolute atomic E-state index is 0. The number of nitrogens with one attached hydrogen (secondary N) is 1. The molecule has 2 aliphatic rings. The molecule has 16 heavy (non-hydrogen) atoms. The second-order valence-corrected chi connectivity index (χ2v) is 4.90. The van der Waals surface area contributed by atoms with Crippen molar-refractivity contribution in [2.75, 3.05) is 26.2 Å². The number of carbonyl (C=O) groups is 1. The highest BCUT2D eigenvalue weighted by molar-refractivity contribution is 5.85. The van der Waals surface area contributed by atoms with Crippen molar-refractivity contribution in [3.63, 3.8) is 0 Å². The van der Waals surface area contributed by atoms with Gasteiger partial charge in [0.2, 0.25) is 0 Å². The van der Waals surface area contributed by atoms with Crippen molar-refractivity contribution >= 4 is 18.7 Å². The molecular formula is C12H23ClN2O. The second-order valence-electron chi connectivity index (χ2n) is 4.90. The molecule has 1 unspecified atom stereocenters. The minimum atomic E-state index is 0. The van der Waals surface area contributed by atoms with Crippen LogP contribution in [0.25, 0.3) is 0 Å². The zero-order valence-corrected chi connectivity index (χ0v) is 10.7. The van der Waals surface area contributed by atoms with Gasteiger partial charge in [-0.25, -0.2) is 0 Å². The molecule has 3 nitrogen and oxygen atoms in total. The molecule has 2 rings (SSSR count). The molecule has 94 valence electrons. The van der Waals surface area contributed by atoms with Gasteiger partial charge in [-0.1, -0.05) is 0 Å². The Balaban J connectivity index is 0.00000128. The average molecular weight is 247 g/mol. The van der Waals surface area contributed by atoms with Gasteiger partial charge in [0.15, 0.2) is 0 Å². The maximum atomic E-state index is 10.6. The maximum absolute atomic E-state index is 10.6. The molecule has 2 saturated heterocycles. The van der Waals surface area contributed by atoms with E-state index in [1.54, 1.807) is 0 Å². The molecule has 0 aromatic carbocycles. The number of carbonyl (C=O) groups excluding carboxylic acids is 1. The van der Waals surface area contributed by atoms with Gasteiger partial charge in [-0.05, 0) is 58.3 Å². The molecule has 0 spiro atoms. The summed E-state index contributed by atoms with van der Waals surface area (Å²) in [5.41, 5.74) is 0. The van der Waals surface area contributed by atoms with E-state index >= 15 is 0 Å². The first-order valence-electron chi connectivity index (χ1n) is 6.29. The van der Waals surface area contributed by atoms with E-state index in [9.17, 15) is 4.79 Å². The lowest BCUT2D eigenvalue weighted by Crippen LogP contribution is -2.37. The van der Waals surface area contributed by atoms with Crippen LogP contribution in [0.1, 0.15) is 32.1 Å². The number of halogens is 1.